The van der Waals surface area contributed by atoms with Crippen LogP contribution in [0.25, 0.3) is 28.1 Å². The number of carbonyl (C=O) groups is 4. The molecule has 0 aliphatic carbocycles. The van der Waals surface area contributed by atoms with Crippen molar-refractivity contribution in [3.8, 4) is 46.9 Å². The van der Waals surface area contributed by atoms with Crippen LogP contribution in [0, 0.1) is 45.6 Å². The molecule has 0 saturated carbocycles. The van der Waals surface area contributed by atoms with Gasteiger partial charge in [-0.25, -0.2) is 23.8 Å². The fraction of sp³-hybridized carbons (Fsp3) is 0.108. The molecule has 2 aromatic carbocycles. The number of aromatic nitrogens is 11. The molecule has 0 saturated heterocycles. The Morgan fingerprint density at radius 2 is 1.14 bits per heavy atom. The van der Waals surface area contributed by atoms with Gasteiger partial charge in [0.25, 0.3) is 30.5 Å². The number of carboxylic acid groups (broad SMARTS) is 2. The van der Waals surface area contributed by atoms with Gasteiger partial charge in [-0.05, 0) is 52.0 Å². The summed E-state index contributed by atoms with van der Waals surface area (Å²) in [6.45, 7) is 14.0. The molecule has 5 aromatic heterocycles. The summed E-state index contributed by atoms with van der Waals surface area (Å²) >= 11 is 0. The van der Waals surface area contributed by atoms with E-state index in [1.54, 1.807) is 0 Å². The summed E-state index contributed by atoms with van der Waals surface area (Å²) in [6.07, 6.45) is 0. The van der Waals surface area contributed by atoms with Crippen molar-refractivity contribution in [2.24, 2.45) is 20.5 Å². The number of nitrogens with zero attached hydrogens (tertiary/aromatic N) is 17. The number of rotatable bonds is 14. The van der Waals surface area contributed by atoms with Crippen LogP contribution < -0.4 is 20.9 Å². The van der Waals surface area contributed by atoms with Gasteiger partial charge in [0.2, 0.25) is 0 Å². The highest BCUT2D eigenvalue weighted by atomic mass is 16.5. The van der Waals surface area contributed by atoms with Crippen LogP contribution in [0.4, 0.5) is 40.3 Å². The smallest absolute Gasteiger partial charge is 0.335 e. The third kappa shape index (κ3) is 8.05. The Labute approximate surface area is 361 Å². The van der Waals surface area contributed by atoms with Crippen molar-refractivity contribution < 1.29 is 44.0 Å². The minimum atomic E-state index is -1.34. The zero-order valence-corrected chi connectivity index (χ0v) is 33.7. The lowest BCUT2D eigenvalue weighted by atomic mass is 10.2. The second-order valence-corrected chi connectivity index (χ2v) is 13.2. The number of hydrogen-bond acceptors (Lipinski definition) is 21. The minimum absolute atomic E-state index is 0.0353. The molecule has 28 nitrogen and oxygen atoms in total. The van der Waals surface area contributed by atoms with Gasteiger partial charge in [0.15, 0.2) is 34.6 Å². The number of nitrogen functional groups attached to an aromatic ring is 2. The molecule has 0 aliphatic rings. The Morgan fingerprint density at radius 1 is 0.692 bits per heavy atom. The van der Waals surface area contributed by atoms with Gasteiger partial charge < -0.3 is 36.3 Å². The molecule has 7 N–H and O–H groups in total. The number of ether oxygens (including phenoxy) is 2. The van der Waals surface area contributed by atoms with Gasteiger partial charge in [-0.15, -0.1) is 20.5 Å². The predicted octanol–water partition coefficient (Wildman–Crippen LogP) is 4.44. The van der Waals surface area contributed by atoms with Gasteiger partial charge in [-0.3, -0.25) is 9.59 Å². The van der Waals surface area contributed by atoms with E-state index in [-0.39, 0.29) is 128 Å². The SMILES string of the molecule is [C-]#[N+]c1c(C)nn(-c2cc(OC=O)cc(C(=O)O)c2)c1N=Nc1c(C)nn(-c2nc(O)nc(-n3nc(C)c(N=Nc4c(C#N)c(C)nn4-c4cc(OC=O)cc(C(=O)O)c4)c3N)n2)c1N. The largest absolute Gasteiger partial charge is 0.479 e. The molecular formula is C37H27N19O9. The summed E-state index contributed by atoms with van der Waals surface area (Å²) < 4.78 is 14.0. The topological polar surface area (TPSA) is 387 Å². The highest BCUT2D eigenvalue weighted by Crippen LogP contribution is 2.38. The molecule has 5 heterocycles. The lowest BCUT2D eigenvalue weighted by molar-refractivity contribution is -0.121. The summed E-state index contributed by atoms with van der Waals surface area (Å²) in [7, 11) is 0. The van der Waals surface area contributed by atoms with Crippen LogP contribution in [0.3, 0.4) is 0 Å². The maximum Gasteiger partial charge on any atom is 0.335 e. The number of anilines is 2. The number of aromatic hydroxyl groups is 1. The Kier molecular flexibility index (Phi) is 11.2. The second-order valence-electron chi connectivity index (χ2n) is 13.2. The van der Waals surface area contributed by atoms with E-state index in [2.05, 4.69) is 60.6 Å². The Morgan fingerprint density at radius 3 is 1.58 bits per heavy atom. The zero-order valence-electron chi connectivity index (χ0n) is 33.7. The van der Waals surface area contributed by atoms with Crippen LogP contribution in [-0.4, -0.2) is 94.3 Å². The third-order valence-corrected chi connectivity index (χ3v) is 8.99. The Bertz CT molecular complexity index is 3080. The summed E-state index contributed by atoms with van der Waals surface area (Å²) in [5.74, 6) is -4.33. The first kappa shape index (κ1) is 42.9. The summed E-state index contributed by atoms with van der Waals surface area (Å²) in [5.41, 5.74) is 13.1. The molecule has 0 amide bonds. The van der Waals surface area contributed by atoms with Gasteiger partial charge in [0, 0.05) is 12.1 Å². The van der Waals surface area contributed by atoms with Crippen molar-refractivity contribution in [2.45, 2.75) is 27.7 Å². The summed E-state index contributed by atoms with van der Waals surface area (Å²) in [4.78, 5) is 61.5. The number of carboxylic acids is 2. The van der Waals surface area contributed by atoms with Crippen LogP contribution in [-0.2, 0) is 9.59 Å². The summed E-state index contributed by atoms with van der Waals surface area (Å²) in [6, 6.07) is 8.43. The van der Waals surface area contributed by atoms with Crippen molar-refractivity contribution in [1.29, 1.82) is 5.26 Å². The molecule has 0 fully saturated rings. The molecule has 324 valence electrons. The third-order valence-electron chi connectivity index (χ3n) is 8.99. The van der Waals surface area contributed by atoms with E-state index >= 15 is 0 Å². The van der Waals surface area contributed by atoms with E-state index in [0.717, 1.165) is 30.9 Å². The monoisotopic (exact) mass is 881 g/mol. The highest BCUT2D eigenvalue weighted by molar-refractivity contribution is 5.90. The fourth-order valence-electron chi connectivity index (χ4n) is 6.08. The van der Waals surface area contributed by atoms with Crippen molar-refractivity contribution in [3.63, 3.8) is 0 Å². The first-order valence-electron chi connectivity index (χ1n) is 18.0. The molecule has 0 aliphatic heterocycles. The highest BCUT2D eigenvalue weighted by Gasteiger charge is 2.25. The number of hydrogen-bond donors (Lipinski definition) is 5. The van der Waals surface area contributed by atoms with Crippen molar-refractivity contribution in [1.82, 2.24) is 54.1 Å². The first-order chi connectivity index (χ1) is 31.1. The van der Waals surface area contributed by atoms with E-state index in [4.69, 9.17) is 27.5 Å². The van der Waals surface area contributed by atoms with Crippen molar-refractivity contribution >= 4 is 65.2 Å². The van der Waals surface area contributed by atoms with E-state index in [0.29, 0.717) is 0 Å². The quantitative estimate of drug-likeness (QED) is 0.0572. The van der Waals surface area contributed by atoms with Gasteiger partial charge >= 0.3 is 17.9 Å². The molecule has 0 radical (unpaired) electrons. The van der Waals surface area contributed by atoms with Crippen LogP contribution in [0.1, 0.15) is 49.1 Å². The second kappa shape index (κ2) is 17.0. The number of benzene rings is 2. The number of nitriles is 1. The van der Waals surface area contributed by atoms with Crippen molar-refractivity contribution in [2.75, 3.05) is 11.5 Å². The first-order valence-corrected chi connectivity index (χ1v) is 18.0. The van der Waals surface area contributed by atoms with Crippen LogP contribution in [0.15, 0.2) is 56.9 Å². The number of nitrogens with two attached hydrogens (primary N) is 2. The summed E-state index contributed by atoms with van der Waals surface area (Å²) in [5, 5.41) is 74.1. The molecule has 28 heteroatoms. The molecule has 0 unspecified atom stereocenters. The van der Waals surface area contributed by atoms with Crippen LogP contribution in [0.5, 0.6) is 17.5 Å². The molecule has 0 atom stereocenters. The van der Waals surface area contributed by atoms with E-state index in [1.807, 2.05) is 6.07 Å². The molecule has 0 spiro atoms. The molecule has 7 aromatic rings. The molecular weight excluding hydrogens is 855 g/mol. The number of aryl methyl sites for hydroxylation is 4. The number of azo groups is 2. The molecule has 0 bridgehead atoms. The van der Waals surface area contributed by atoms with Crippen LogP contribution >= 0.6 is 0 Å². The average Bonchev–Trinajstić information content (AvgIpc) is 3.96. The number of aromatic carboxylic acids is 2. The van der Waals surface area contributed by atoms with Gasteiger partial charge in [0.05, 0.1) is 51.8 Å². The van der Waals surface area contributed by atoms with E-state index in [1.165, 1.54) is 52.0 Å². The number of carbonyl (C=O) groups excluding carboxylic acids is 2. The Hall–Kier alpha value is -10.3. The maximum atomic E-state index is 11.8. The normalized spacial score (nSPS) is 11.2. The fourth-order valence-corrected chi connectivity index (χ4v) is 6.08. The van der Waals surface area contributed by atoms with Crippen LogP contribution in [0.2, 0.25) is 0 Å². The average molecular weight is 882 g/mol. The standard InChI is InChI=1S/C37H27N19O9/c1-15-25(12-38)31(53(49-15)21-6-19(33(59)60)8-23(10-21)64-13-57)47-45-26-16(2)51-55(29(26)39)35-42-36(44-37(63)43-35)56-30(40)27(17(3)52-56)46-48-32-28(41-5)18(4)50-54(32)22-7-20(34(61)62)9-24(11-22)65-14-58/h6-11,13-14H,39-40H2,1-4H3,(H,59,60)(H,61,62)(H,42,43,44,63). The lowest BCUT2D eigenvalue weighted by Crippen LogP contribution is -2.13. The van der Waals surface area contributed by atoms with Gasteiger partial charge in [-0.1, -0.05) is 0 Å². The molecule has 65 heavy (non-hydrogen) atoms. The van der Waals surface area contributed by atoms with Crippen molar-refractivity contribution in [3.05, 3.63) is 87.3 Å². The van der Waals surface area contributed by atoms with Gasteiger partial charge in [0.1, 0.15) is 23.1 Å². The maximum absolute atomic E-state index is 11.8. The van der Waals surface area contributed by atoms with E-state index in [9.17, 15) is 39.8 Å². The molecule has 7 rings (SSSR count). The van der Waals surface area contributed by atoms with E-state index < -0.39 is 17.9 Å². The van der Waals surface area contributed by atoms with Gasteiger partial charge in [-0.2, -0.15) is 50.0 Å². The zero-order chi connectivity index (χ0) is 46.9. The Balaban J connectivity index is 1.25. The lowest BCUT2D eigenvalue weighted by Gasteiger charge is -2.08. The predicted molar refractivity (Wildman–Crippen MR) is 217 cm³/mol. The minimum Gasteiger partial charge on any atom is -0.479 e.